The van der Waals surface area contributed by atoms with Gasteiger partial charge >= 0.3 is 6.85 Å². The van der Waals surface area contributed by atoms with Crippen molar-refractivity contribution in [3.05, 3.63) is 172 Å². The zero-order valence-corrected chi connectivity index (χ0v) is 42.5. The van der Waals surface area contributed by atoms with E-state index in [0.29, 0.717) is 0 Å². The molecule has 0 spiro atoms. The van der Waals surface area contributed by atoms with E-state index >= 15 is 0 Å². The Morgan fingerprint density at radius 1 is 0.500 bits per heavy atom. The zero-order valence-electron chi connectivity index (χ0n) is 42.5. The van der Waals surface area contributed by atoms with Crippen LogP contribution in [0.5, 0.6) is 0 Å². The summed E-state index contributed by atoms with van der Waals surface area (Å²) >= 11 is 0. The minimum Gasteiger partial charge on any atom is -0.456 e. The first-order valence-electron chi connectivity index (χ1n) is 25.8. The van der Waals surface area contributed by atoms with Crippen LogP contribution in [-0.2, 0) is 27.1 Å². The monoisotopic (exact) mass is 906 g/mol. The van der Waals surface area contributed by atoms with Crippen molar-refractivity contribution in [3.8, 4) is 39.1 Å². The van der Waals surface area contributed by atoms with E-state index in [0.717, 1.165) is 21.9 Å². The third kappa shape index (κ3) is 4.93. The molecule has 4 heteroatoms. The van der Waals surface area contributed by atoms with Crippen LogP contribution in [-0.4, -0.2) is 11.4 Å². The van der Waals surface area contributed by atoms with Crippen LogP contribution >= 0.6 is 0 Å². The number of furan rings is 1. The Hall–Kier alpha value is -6.78. The highest BCUT2D eigenvalue weighted by atomic mass is 16.3. The number of aromatic nitrogens is 1. The maximum atomic E-state index is 6.85. The zero-order chi connectivity index (χ0) is 47.9. The van der Waals surface area contributed by atoms with Crippen molar-refractivity contribution in [2.24, 2.45) is 0 Å². The van der Waals surface area contributed by atoms with Crippen LogP contribution in [0.4, 0.5) is 11.4 Å². The second-order valence-corrected chi connectivity index (χ2v) is 25.1. The number of hydrogen-bond donors (Lipinski definition) is 0. The number of nitrogens with zero attached hydrogens (tertiary/aromatic N) is 2. The van der Waals surface area contributed by atoms with Crippen LogP contribution in [0.25, 0.3) is 82.8 Å². The van der Waals surface area contributed by atoms with Crippen molar-refractivity contribution in [1.29, 1.82) is 0 Å². The van der Waals surface area contributed by atoms with E-state index in [9.17, 15) is 0 Å². The van der Waals surface area contributed by atoms with Gasteiger partial charge in [0, 0.05) is 55.0 Å². The molecular weight excluding hydrogens is 848 g/mol. The van der Waals surface area contributed by atoms with Gasteiger partial charge in [0.05, 0.1) is 11.0 Å². The molecule has 0 bridgehead atoms. The van der Waals surface area contributed by atoms with Gasteiger partial charge in [0.2, 0.25) is 0 Å². The Kier molecular flexibility index (Phi) is 7.48. The smallest absolute Gasteiger partial charge is 0.333 e. The number of para-hydroxylation sites is 1. The molecule has 0 N–H and O–H groups in total. The number of hydrogen-bond acceptors (Lipinski definition) is 2. The molecule has 5 aliphatic rings. The number of fused-ring (bicyclic) bond motifs is 19. The van der Waals surface area contributed by atoms with Crippen molar-refractivity contribution in [2.45, 2.75) is 116 Å². The lowest BCUT2D eigenvalue weighted by Crippen LogP contribution is -2.60. The van der Waals surface area contributed by atoms with Gasteiger partial charge in [-0.2, -0.15) is 0 Å². The van der Waals surface area contributed by atoms with Crippen LogP contribution in [0.3, 0.4) is 0 Å². The van der Waals surface area contributed by atoms with Crippen LogP contribution in [0.2, 0.25) is 0 Å². The molecule has 0 amide bonds. The van der Waals surface area contributed by atoms with Crippen molar-refractivity contribution < 1.29 is 4.42 Å². The highest BCUT2D eigenvalue weighted by molar-refractivity contribution is 6.94. The van der Waals surface area contributed by atoms with E-state index in [1.807, 2.05) is 0 Å². The lowest BCUT2D eigenvalue weighted by atomic mass is 9.44. The molecule has 0 saturated carbocycles. The van der Waals surface area contributed by atoms with Gasteiger partial charge in [-0.3, -0.25) is 0 Å². The summed E-state index contributed by atoms with van der Waals surface area (Å²) in [6.45, 7) is 26.5. The highest BCUT2D eigenvalue weighted by Crippen LogP contribution is 2.59. The van der Waals surface area contributed by atoms with Crippen molar-refractivity contribution in [3.63, 3.8) is 0 Å². The van der Waals surface area contributed by atoms with Gasteiger partial charge in [-0.05, 0) is 161 Å². The first kappa shape index (κ1) is 41.0. The minimum absolute atomic E-state index is 0.0212. The molecular formula is C66H59BN2O. The van der Waals surface area contributed by atoms with Crippen molar-refractivity contribution >= 4 is 72.9 Å². The van der Waals surface area contributed by atoms with E-state index in [2.05, 4.69) is 219 Å². The predicted molar refractivity (Wildman–Crippen MR) is 296 cm³/mol. The van der Waals surface area contributed by atoms with Gasteiger partial charge < -0.3 is 13.8 Å². The molecule has 0 unspecified atom stereocenters. The molecule has 342 valence electrons. The van der Waals surface area contributed by atoms with E-state index in [4.69, 9.17) is 4.42 Å². The van der Waals surface area contributed by atoms with E-state index < -0.39 is 0 Å². The Bertz CT molecular complexity index is 4050. The lowest BCUT2D eigenvalue weighted by Gasteiger charge is -2.42. The normalized spacial score (nSPS) is 17.9. The quantitative estimate of drug-likeness (QED) is 0.153. The number of benzene rings is 8. The summed E-state index contributed by atoms with van der Waals surface area (Å²) < 4.78 is 9.50. The summed E-state index contributed by atoms with van der Waals surface area (Å²) in [7, 11) is 0. The first-order chi connectivity index (χ1) is 33.3. The number of anilines is 2. The van der Waals surface area contributed by atoms with Gasteiger partial charge in [-0.1, -0.05) is 155 Å². The molecule has 10 aromatic rings. The molecule has 2 aromatic heterocycles. The largest absolute Gasteiger partial charge is 0.456 e. The van der Waals surface area contributed by atoms with Crippen LogP contribution in [0.1, 0.15) is 128 Å². The summed E-state index contributed by atoms with van der Waals surface area (Å²) in [5, 5.41) is 4.98. The fourth-order valence-electron chi connectivity index (χ4n) is 14.6. The molecule has 3 aliphatic carbocycles. The van der Waals surface area contributed by atoms with Crippen LogP contribution in [0, 0.1) is 0 Å². The molecule has 0 atom stereocenters. The molecule has 2 aliphatic heterocycles. The predicted octanol–water partition coefficient (Wildman–Crippen LogP) is 16.2. The summed E-state index contributed by atoms with van der Waals surface area (Å²) in [5.41, 5.74) is 28.9. The molecule has 8 aromatic carbocycles. The SMILES string of the molecule is CC(C)(C)c1ccc(N2B3c4cc5oc6ccccc6c5cc4-n4c5ccc6c(c5c5ccc(c3c54)-c3cc4c(cc32)-c2cc3c(cc2C4(C)C)C(C)(C)CCC3(C)C)-c2ccccc2C6(C)C)cc1. The fraction of sp³-hybridized carbons (Fsp3) is 0.273. The first-order valence-corrected chi connectivity index (χ1v) is 25.8. The van der Waals surface area contributed by atoms with Crippen molar-refractivity contribution in [2.75, 3.05) is 4.81 Å². The fourth-order valence-corrected chi connectivity index (χ4v) is 14.6. The summed E-state index contributed by atoms with van der Waals surface area (Å²) in [6, 6.07) is 52.4. The molecule has 0 radical (unpaired) electrons. The van der Waals surface area contributed by atoms with Crippen LogP contribution < -0.4 is 15.7 Å². The Morgan fingerprint density at radius 3 is 1.94 bits per heavy atom. The van der Waals surface area contributed by atoms with Gasteiger partial charge in [0.15, 0.2) is 0 Å². The average Bonchev–Trinajstić information content (AvgIpc) is 4.01. The summed E-state index contributed by atoms with van der Waals surface area (Å²) in [6.07, 6.45) is 2.40. The Balaban J connectivity index is 1.09. The summed E-state index contributed by atoms with van der Waals surface area (Å²) in [4.78, 5) is 2.72. The van der Waals surface area contributed by atoms with E-state index in [1.165, 1.54) is 135 Å². The highest BCUT2D eigenvalue weighted by Gasteiger charge is 2.48. The Morgan fingerprint density at radius 2 is 1.17 bits per heavy atom. The number of rotatable bonds is 1. The molecule has 0 fully saturated rings. The maximum absolute atomic E-state index is 6.85. The van der Waals surface area contributed by atoms with Gasteiger partial charge in [0.1, 0.15) is 11.2 Å². The van der Waals surface area contributed by atoms with Gasteiger partial charge in [-0.25, -0.2) is 0 Å². The second kappa shape index (κ2) is 12.8. The van der Waals surface area contributed by atoms with Gasteiger partial charge in [-0.15, -0.1) is 0 Å². The van der Waals surface area contributed by atoms with Crippen LogP contribution in [0.15, 0.2) is 138 Å². The topological polar surface area (TPSA) is 21.3 Å². The maximum Gasteiger partial charge on any atom is 0.333 e. The molecule has 0 saturated heterocycles. The average molecular weight is 907 g/mol. The summed E-state index contributed by atoms with van der Waals surface area (Å²) in [5.74, 6) is 0. The Labute approximate surface area is 412 Å². The minimum atomic E-state index is -0.182. The molecule has 15 rings (SSSR count). The lowest BCUT2D eigenvalue weighted by molar-refractivity contribution is 0.331. The van der Waals surface area contributed by atoms with E-state index in [-0.39, 0.29) is 33.9 Å². The van der Waals surface area contributed by atoms with Crippen molar-refractivity contribution in [1.82, 2.24) is 4.57 Å². The third-order valence-corrected chi connectivity index (χ3v) is 18.6. The third-order valence-electron chi connectivity index (χ3n) is 18.6. The second-order valence-electron chi connectivity index (χ2n) is 25.1. The molecule has 4 heterocycles. The molecule has 3 nitrogen and oxygen atoms in total. The van der Waals surface area contributed by atoms with E-state index in [1.54, 1.807) is 0 Å². The van der Waals surface area contributed by atoms with Gasteiger partial charge in [0.25, 0.3) is 0 Å². The standard InChI is InChI=1S/C66H59BN2O/c1-62(2,3)36-20-22-37(23-21-36)69-54-32-43-42-30-50-51(64(6,7)29-28-63(50,4)5)34-49(42)66(10,11)48(43)31-44(54)39-24-25-41-59-53(27-26-47-58(59)40-17-12-14-18-46(40)65(47,8)9)68-55-33-45-38-16-13-15-19-56(38)70-57(45)35-52(55)67(69)60(39)61(41)68/h12-27,30-35H,28-29H2,1-11H3. The molecule has 70 heavy (non-hydrogen) atoms.